The van der Waals surface area contributed by atoms with Gasteiger partial charge in [0.25, 0.3) is 0 Å². The van der Waals surface area contributed by atoms with Crippen molar-refractivity contribution in [3.8, 4) is 5.75 Å². The maximum atomic E-state index is 13.9. The van der Waals surface area contributed by atoms with Crippen LogP contribution in [0.25, 0.3) is 0 Å². The number of aromatic nitrogens is 2. The number of ether oxygens (including phenoxy) is 1. The van der Waals surface area contributed by atoms with E-state index in [-0.39, 0.29) is 11.6 Å². The van der Waals surface area contributed by atoms with Crippen LogP contribution in [0.15, 0.2) is 24.3 Å². The Labute approximate surface area is 154 Å². The predicted octanol–water partition coefficient (Wildman–Crippen LogP) is 2.32. The summed E-state index contributed by atoms with van der Waals surface area (Å²) in [7, 11) is 5.45. The van der Waals surface area contributed by atoms with Crippen molar-refractivity contribution in [2.24, 2.45) is 0 Å². The van der Waals surface area contributed by atoms with E-state index in [0.29, 0.717) is 0 Å². The minimum absolute atomic E-state index is 0.284. The molecule has 0 bridgehead atoms. The molecule has 26 heavy (non-hydrogen) atoms. The normalized spacial score (nSPS) is 15.2. The molecule has 0 radical (unpaired) electrons. The number of hydrogen-bond donors (Lipinski definition) is 0. The minimum atomic E-state index is -0.312. The fraction of sp³-hybridized carbons (Fsp3) is 0.474. The first-order valence-electron chi connectivity index (χ1n) is 8.79. The van der Waals surface area contributed by atoms with Crippen LogP contribution in [0.1, 0.15) is 11.3 Å². The maximum absolute atomic E-state index is 13.9. The molecule has 2 aromatic rings. The summed E-state index contributed by atoms with van der Waals surface area (Å²) in [6, 6.07) is 7.14. The first-order valence-corrected chi connectivity index (χ1v) is 8.79. The molecule has 1 fully saturated rings. The summed E-state index contributed by atoms with van der Waals surface area (Å²) in [6.07, 6.45) is 0. The lowest BCUT2D eigenvalue weighted by atomic mass is 10.2. The lowest BCUT2D eigenvalue weighted by Crippen LogP contribution is -2.46. The molecule has 1 aromatic carbocycles. The van der Waals surface area contributed by atoms with Gasteiger partial charge in [0.15, 0.2) is 11.6 Å². The van der Waals surface area contributed by atoms with E-state index < -0.39 is 0 Å². The highest BCUT2D eigenvalue weighted by Crippen LogP contribution is 2.20. The van der Waals surface area contributed by atoms with E-state index in [2.05, 4.69) is 19.8 Å². The van der Waals surface area contributed by atoms with Gasteiger partial charge in [-0.05, 0) is 24.6 Å². The number of anilines is 2. The molecule has 1 saturated heterocycles. The summed E-state index contributed by atoms with van der Waals surface area (Å²) in [5, 5.41) is 0. The third-order valence-electron chi connectivity index (χ3n) is 4.56. The molecule has 140 valence electrons. The van der Waals surface area contributed by atoms with E-state index >= 15 is 0 Å². The molecular weight excluding hydrogens is 333 g/mol. The number of nitrogens with zero attached hydrogens (tertiary/aromatic N) is 5. The van der Waals surface area contributed by atoms with E-state index in [1.165, 1.54) is 7.11 Å². The lowest BCUT2D eigenvalue weighted by Gasteiger charge is -2.35. The number of piperazine rings is 1. The molecule has 3 rings (SSSR count). The van der Waals surface area contributed by atoms with Gasteiger partial charge in [-0.1, -0.05) is 6.07 Å². The van der Waals surface area contributed by atoms with Gasteiger partial charge in [-0.3, -0.25) is 4.90 Å². The standard InChI is InChI=1S/C19H26FN5O/c1-14-11-18(23(2)3)22-19(21-14)25-9-7-24(8-10-25)13-15-5-6-17(26-4)16(20)12-15/h5-6,11-12H,7-10,13H2,1-4H3. The molecule has 0 atom stereocenters. The summed E-state index contributed by atoms with van der Waals surface area (Å²) >= 11 is 0. The van der Waals surface area contributed by atoms with Gasteiger partial charge in [-0.2, -0.15) is 4.98 Å². The van der Waals surface area contributed by atoms with Crippen molar-refractivity contribution in [3.63, 3.8) is 0 Å². The van der Waals surface area contributed by atoms with E-state index in [1.807, 2.05) is 38.1 Å². The van der Waals surface area contributed by atoms with Crippen LogP contribution in [0.5, 0.6) is 5.75 Å². The quantitative estimate of drug-likeness (QED) is 0.816. The second-order valence-corrected chi connectivity index (χ2v) is 6.79. The largest absolute Gasteiger partial charge is 0.494 e. The molecule has 0 saturated carbocycles. The summed E-state index contributed by atoms with van der Waals surface area (Å²) in [5.74, 6) is 1.67. The topological polar surface area (TPSA) is 44.7 Å². The predicted molar refractivity (Wildman–Crippen MR) is 102 cm³/mol. The molecule has 7 heteroatoms. The van der Waals surface area contributed by atoms with Crippen LogP contribution in [0.2, 0.25) is 0 Å². The van der Waals surface area contributed by atoms with Gasteiger partial charge >= 0.3 is 0 Å². The fourth-order valence-corrected chi connectivity index (χ4v) is 3.08. The summed E-state index contributed by atoms with van der Waals surface area (Å²) in [6.45, 7) is 6.22. The molecule has 1 aromatic heterocycles. The third kappa shape index (κ3) is 4.22. The lowest BCUT2D eigenvalue weighted by molar-refractivity contribution is 0.248. The van der Waals surface area contributed by atoms with Crippen molar-refractivity contribution in [1.82, 2.24) is 14.9 Å². The highest BCUT2D eigenvalue weighted by atomic mass is 19.1. The van der Waals surface area contributed by atoms with Gasteiger partial charge in [0, 0.05) is 58.6 Å². The van der Waals surface area contributed by atoms with Crippen molar-refractivity contribution < 1.29 is 9.13 Å². The number of halogens is 1. The van der Waals surface area contributed by atoms with Crippen LogP contribution in [-0.4, -0.2) is 62.3 Å². The highest BCUT2D eigenvalue weighted by molar-refractivity contribution is 5.45. The van der Waals surface area contributed by atoms with Gasteiger partial charge in [0.05, 0.1) is 7.11 Å². The van der Waals surface area contributed by atoms with E-state index in [9.17, 15) is 4.39 Å². The number of benzene rings is 1. The van der Waals surface area contributed by atoms with E-state index in [1.54, 1.807) is 12.1 Å². The van der Waals surface area contributed by atoms with Gasteiger partial charge in [0.2, 0.25) is 5.95 Å². The van der Waals surface area contributed by atoms with E-state index in [4.69, 9.17) is 4.74 Å². The second-order valence-electron chi connectivity index (χ2n) is 6.79. The zero-order chi connectivity index (χ0) is 18.7. The molecule has 0 amide bonds. The Morgan fingerprint density at radius 3 is 2.46 bits per heavy atom. The zero-order valence-corrected chi connectivity index (χ0v) is 15.9. The molecule has 1 aliphatic heterocycles. The van der Waals surface area contributed by atoms with Crippen LogP contribution in [0.4, 0.5) is 16.2 Å². The Balaban J connectivity index is 1.62. The molecule has 0 unspecified atom stereocenters. The van der Waals surface area contributed by atoms with E-state index in [0.717, 1.165) is 55.7 Å². The molecule has 0 N–H and O–H groups in total. The van der Waals surface area contributed by atoms with Crippen LogP contribution in [-0.2, 0) is 6.54 Å². The Bertz CT molecular complexity index is 760. The number of methoxy groups -OCH3 is 1. The number of aryl methyl sites for hydroxylation is 1. The van der Waals surface area contributed by atoms with Crippen molar-refractivity contribution in [2.45, 2.75) is 13.5 Å². The average Bonchev–Trinajstić information content (AvgIpc) is 2.62. The van der Waals surface area contributed by atoms with Gasteiger partial charge in [-0.25, -0.2) is 9.37 Å². The second kappa shape index (κ2) is 7.86. The van der Waals surface area contributed by atoms with Crippen molar-refractivity contribution in [2.75, 3.05) is 57.2 Å². The molecule has 2 heterocycles. The number of hydrogen-bond acceptors (Lipinski definition) is 6. The number of rotatable bonds is 5. The maximum Gasteiger partial charge on any atom is 0.227 e. The van der Waals surface area contributed by atoms with Crippen LogP contribution in [0, 0.1) is 12.7 Å². The summed E-state index contributed by atoms with van der Waals surface area (Å²) < 4.78 is 18.8. The van der Waals surface area contributed by atoms with Crippen LogP contribution in [0.3, 0.4) is 0 Å². The minimum Gasteiger partial charge on any atom is -0.494 e. The van der Waals surface area contributed by atoms with Gasteiger partial charge in [-0.15, -0.1) is 0 Å². The fourth-order valence-electron chi connectivity index (χ4n) is 3.08. The van der Waals surface area contributed by atoms with Crippen LogP contribution >= 0.6 is 0 Å². The average molecular weight is 359 g/mol. The molecule has 1 aliphatic rings. The highest BCUT2D eigenvalue weighted by Gasteiger charge is 2.20. The monoisotopic (exact) mass is 359 g/mol. The van der Waals surface area contributed by atoms with Crippen molar-refractivity contribution >= 4 is 11.8 Å². The smallest absolute Gasteiger partial charge is 0.227 e. The first-order chi connectivity index (χ1) is 12.5. The van der Waals surface area contributed by atoms with Crippen molar-refractivity contribution in [3.05, 3.63) is 41.3 Å². The zero-order valence-electron chi connectivity index (χ0n) is 15.9. The molecule has 0 spiro atoms. The first kappa shape index (κ1) is 18.4. The molecule has 6 nitrogen and oxygen atoms in total. The Morgan fingerprint density at radius 2 is 1.85 bits per heavy atom. The van der Waals surface area contributed by atoms with Gasteiger partial charge < -0.3 is 14.5 Å². The summed E-state index contributed by atoms with van der Waals surface area (Å²) in [5.41, 5.74) is 1.92. The Hall–Kier alpha value is -2.41. The third-order valence-corrected chi connectivity index (χ3v) is 4.56. The molecular formula is C19H26FN5O. The van der Waals surface area contributed by atoms with Gasteiger partial charge in [0.1, 0.15) is 5.82 Å². The SMILES string of the molecule is COc1ccc(CN2CCN(c3nc(C)cc(N(C)C)n3)CC2)cc1F. The van der Waals surface area contributed by atoms with Crippen LogP contribution < -0.4 is 14.5 Å². The Kier molecular flexibility index (Phi) is 5.56. The molecule has 0 aliphatic carbocycles. The Morgan fingerprint density at radius 1 is 1.12 bits per heavy atom. The summed E-state index contributed by atoms with van der Waals surface area (Å²) in [4.78, 5) is 15.8. The van der Waals surface area contributed by atoms with Crippen molar-refractivity contribution in [1.29, 1.82) is 0 Å².